The van der Waals surface area contributed by atoms with E-state index in [9.17, 15) is 4.79 Å². The molecule has 7 heteroatoms. The summed E-state index contributed by atoms with van der Waals surface area (Å²) in [4.78, 5) is 17.1. The second-order valence-electron chi connectivity index (χ2n) is 5.94. The van der Waals surface area contributed by atoms with Crippen molar-refractivity contribution in [3.8, 4) is 17.2 Å². The third kappa shape index (κ3) is 4.63. The van der Waals surface area contributed by atoms with E-state index >= 15 is 0 Å². The smallest absolute Gasteiger partial charge is 0.252 e. The molecule has 0 aliphatic carbocycles. The number of benzene rings is 1. The van der Waals surface area contributed by atoms with Crippen LogP contribution in [0.5, 0.6) is 17.2 Å². The zero-order chi connectivity index (χ0) is 18.4. The van der Waals surface area contributed by atoms with Crippen molar-refractivity contribution < 1.29 is 19.0 Å². The molecule has 1 atom stereocenters. The summed E-state index contributed by atoms with van der Waals surface area (Å²) in [5, 5.41) is 5.87. The Labute approximate surface area is 152 Å². The first-order valence-electron chi connectivity index (χ1n) is 8.00. The molecule has 0 saturated heterocycles. The minimum absolute atomic E-state index is 0.133. The highest BCUT2D eigenvalue weighted by Gasteiger charge is 2.22. The van der Waals surface area contributed by atoms with Crippen LogP contribution in [0, 0.1) is 5.92 Å². The van der Waals surface area contributed by atoms with Crippen LogP contribution in [0.2, 0.25) is 0 Å². The molecule has 0 bridgehead atoms. The maximum absolute atomic E-state index is 12.8. The first-order chi connectivity index (χ1) is 12.0. The molecule has 0 aliphatic heterocycles. The number of rotatable bonds is 8. The Morgan fingerprint density at radius 1 is 1.16 bits per heavy atom. The van der Waals surface area contributed by atoms with Gasteiger partial charge in [-0.15, -0.1) is 11.3 Å². The number of hydrogen-bond donors (Lipinski definition) is 1. The van der Waals surface area contributed by atoms with Gasteiger partial charge >= 0.3 is 0 Å². The van der Waals surface area contributed by atoms with Gasteiger partial charge in [-0.25, -0.2) is 4.98 Å². The van der Waals surface area contributed by atoms with Crippen LogP contribution in [0.3, 0.4) is 0 Å². The Morgan fingerprint density at radius 2 is 1.80 bits per heavy atom. The number of carbonyl (C=O) groups excluding carboxylic acids is 1. The highest BCUT2D eigenvalue weighted by Crippen LogP contribution is 2.38. The number of aromatic nitrogens is 1. The van der Waals surface area contributed by atoms with Crippen LogP contribution in [-0.4, -0.2) is 32.2 Å². The summed E-state index contributed by atoms with van der Waals surface area (Å²) in [6.45, 7) is 4.23. The lowest BCUT2D eigenvalue weighted by Gasteiger charge is -2.19. The number of hydrogen-bond acceptors (Lipinski definition) is 6. The van der Waals surface area contributed by atoms with Gasteiger partial charge in [-0.2, -0.15) is 0 Å². The average molecular weight is 364 g/mol. The number of thiazole rings is 1. The van der Waals surface area contributed by atoms with Gasteiger partial charge in [0.2, 0.25) is 5.75 Å². The standard InChI is InChI=1S/C18H24N2O4S/c1-11(2)8-13(18-19-6-7-25-18)20-17(21)12-9-14(22-3)16(24-5)15(10-12)23-4/h6-7,9-11,13H,8H2,1-5H3,(H,20,21). The number of nitrogens with one attached hydrogen (secondary N) is 1. The van der Waals surface area contributed by atoms with Crippen molar-refractivity contribution in [2.24, 2.45) is 5.92 Å². The van der Waals surface area contributed by atoms with Gasteiger partial charge in [0.25, 0.3) is 5.91 Å². The lowest BCUT2D eigenvalue weighted by Crippen LogP contribution is -2.29. The van der Waals surface area contributed by atoms with Crippen LogP contribution in [0.25, 0.3) is 0 Å². The van der Waals surface area contributed by atoms with Crippen LogP contribution >= 0.6 is 11.3 Å². The molecule has 1 aromatic carbocycles. The van der Waals surface area contributed by atoms with Crippen molar-refractivity contribution in [1.29, 1.82) is 0 Å². The SMILES string of the molecule is COc1cc(C(=O)NC(CC(C)C)c2nccs2)cc(OC)c1OC. The second-order valence-corrected chi connectivity index (χ2v) is 6.87. The van der Waals surface area contributed by atoms with E-state index in [0.717, 1.165) is 11.4 Å². The molecule has 6 nitrogen and oxygen atoms in total. The Balaban J connectivity index is 2.29. The summed E-state index contributed by atoms with van der Waals surface area (Å²) >= 11 is 1.54. The molecule has 0 spiro atoms. The molecule has 1 aromatic heterocycles. The van der Waals surface area contributed by atoms with Gasteiger partial charge in [0.05, 0.1) is 27.4 Å². The lowest BCUT2D eigenvalue weighted by molar-refractivity contribution is 0.0931. The third-order valence-corrected chi connectivity index (χ3v) is 4.58. The minimum atomic E-state index is -0.208. The van der Waals surface area contributed by atoms with Gasteiger partial charge in [-0.05, 0) is 24.5 Å². The van der Waals surface area contributed by atoms with Gasteiger partial charge in [0.1, 0.15) is 5.01 Å². The summed E-state index contributed by atoms with van der Waals surface area (Å²) in [5.41, 5.74) is 0.444. The second kappa shape index (κ2) is 8.71. The van der Waals surface area contributed by atoms with Gasteiger partial charge in [-0.1, -0.05) is 13.8 Å². The predicted octanol–water partition coefficient (Wildman–Crippen LogP) is 3.69. The maximum Gasteiger partial charge on any atom is 0.252 e. The molecule has 1 unspecified atom stereocenters. The molecular weight excluding hydrogens is 340 g/mol. The van der Waals surface area contributed by atoms with Gasteiger partial charge in [0, 0.05) is 17.1 Å². The molecule has 0 radical (unpaired) electrons. The summed E-state index contributed by atoms with van der Waals surface area (Å²) < 4.78 is 15.9. The molecule has 2 aromatic rings. The third-order valence-electron chi connectivity index (χ3n) is 3.69. The molecule has 0 saturated carbocycles. The Bertz CT molecular complexity index is 676. The fourth-order valence-corrected chi connectivity index (χ4v) is 3.26. The quantitative estimate of drug-likeness (QED) is 0.774. The van der Waals surface area contributed by atoms with E-state index in [2.05, 4.69) is 24.1 Å². The van der Waals surface area contributed by atoms with Gasteiger partial charge < -0.3 is 19.5 Å². The van der Waals surface area contributed by atoms with E-state index in [0.29, 0.717) is 28.7 Å². The largest absolute Gasteiger partial charge is 0.493 e. The van der Waals surface area contributed by atoms with E-state index in [4.69, 9.17) is 14.2 Å². The van der Waals surface area contributed by atoms with E-state index < -0.39 is 0 Å². The maximum atomic E-state index is 12.8. The molecule has 1 N–H and O–H groups in total. The van der Waals surface area contributed by atoms with Crippen LogP contribution in [0.1, 0.15) is 41.7 Å². The Kier molecular flexibility index (Phi) is 6.64. The topological polar surface area (TPSA) is 69.7 Å². The molecule has 2 rings (SSSR count). The normalized spacial score (nSPS) is 11.9. The van der Waals surface area contributed by atoms with E-state index in [-0.39, 0.29) is 11.9 Å². The van der Waals surface area contributed by atoms with Gasteiger partial charge in [-0.3, -0.25) is 4.79 Å². The van der Waals surface area contributed by atoms with Crippen molar-refractivity contribution in [1.82, 2.24) is 10.3 Å². The number of amides is 1. The summed E-state index contributed by atoms with van der Waals surface area (Å²) in [6, 6.07) is 3.15. The monoisotopic (exact) mass is 364 g/mol. The number of methoxy groups -OCH3 is 3. The van der Waals surface area contributed by atoms with Gasteiger partial charge in [0.15, 0.2) is 11.5 Å². The molecular formula is C18H24N2O4S. The van der Waals surface area contributed by atoms with Crippen molar-refractivity contribution >= 4 is 17.2 Å². The van der Waals surface area contributed by atoms with Crippen molar-refractivity contribution in [3.05, 3.63) is 34.3 Å². The zero-order valence-electron chi connectivity index (χ0n) is 15.2. The lowest BCUT2D eigenvalue weighted by atomic mass is 10.0. The van der Waals surface area contributed by atoms with Crippen molar-refractivity contribution in [2.45, 2.75) is 26.3 Å². The fraction of sp³-hybridized carbons (Fsp3) is 0.444. The number of carbonyl (C=O) groups is 1. The fourth-order valence-electron chi connectivity index (χ4n) is 2.55. The predicted molar refractivity (Wildman–Crippen MR) is 97.9 cm³/mol. The van der Waals surface area contributed by atoms with Crippen LogP contribution < -0.4 is 19.5 Å². The average Bonchev–Trinajstić information content (AvgIpc) is 3.13. The Hall–Kier alpha value is -2.28. The molecule has 0 aliphatic rings. The van der Waals surface area contributed by atoms with Crippen molar-refractivity contribution in [2.75, 3.05) is 21.3 Å². The molecule has 136 valence electrons. The molecule has 0 fully saturated rings. The van der Waals surface area contributed by atoms with E-state index in [1.807, 2.05) is 5.38 Å². The molecule has 1 heterocycles. The summed E-state index contributed by atoms with van der Waals surface area (Å²) in [6.07, 6.45) is 2.56. The highest BCUT2D eigenvalue weighted by atomic mass is 32.1. The van der Waals surface area contributed by atoms with Crippen LogP contribution in [-0.2, 0) is 0 Å². The first kappa shape index (κ1) is 19.1. The minimum Gasteiger partial charge on any atom is -0.493 e. The summed E-state index contributed by atoms with van der Waals surface area (Å²) in [5.74, 6) is 1.57. The van der Waals surface area contributed by atoms with Crippen LogP contribution in [0.15, 0.2) is 23.7 Å². The highest BCUT2D eigenvalue weighted by molar-refractivity contribution is 7.09. The van der Waals surface area contributed by atoms with Crippen molar-refractivity contribution in [3.63, 3.8) is 0 Å². The zero-order valence-corrected chi connectivity index (χ0v) is 16.0. The summed E-state index contributed by atoms with van der Waals surface area (Å²) in [7, 11) is 4.58. The molecule has 25 heavy (non-hydrogen) atoms. The van der Waals surface area contributed by atoms with E-state index in [1.54, 1.807) is 18.3 Å². The Morgan fingerprint density at radius 3 is 2.24 bits per heavy atom. The molecule has 1 amide bonds. The first-order valence-corrected chi connectivity index (χ1v) is 8.88. The number of nitrogens with zero attached hydrogens (tertiary/aromatic N) is 1. The number of ether oxygens (including phenoxy) is 3. The van der Waals surface area contributed by atoms with Crippen LogP contribution in [0.4, 0.5) is 0 Å². The van der Waals surface area contributed by atoms with E-state index in [1.165, 1.54) is 32.7 Å².